The van der Waals surface area contributed by atoms with E-state index in [-0.39, 0.29) is 46.6 Å². The SMILES string of the molecule is CN(C)CCN(C)C.NCCCN=C([O-])C([O-])=NCCCN.[Cu+2].[N-]=C=S.[N-]=C=S.[Ni+2]. The molecule has 181 valence electrons. The normalized spacial score (nSPS) is 9.73. The summed E-state index contributed by atoms with van der Waals surface area (Å²) in [5.41, 5.74) is 10.4. The van der Waals surface area contributed by atoms with Crippen molar-refractivity contribution in [1.82, 2.24) is 9.80 Å². The second-order valence-electron chi connectivity index (χ2n) is 5.45. The summed E-state index contributed by atoms with van der Waals surface area (Å²) in [6.45, 7) is 3.77. The molecule has 0 aliphatic rings. The average Bonchev–Trinajstić information content (AvgIpc) is 2.62. The molecular weight excluding hydrogens is 523 g/mol. The summed E-state index contributed by atoms with van der Waals surface area (Å²) in [6.07, 6.45) is 1.20. The second-order valence-corrected chi connectivity index (χ2v) is 5.81. The van der Waals surface area contributed by atoms with E-state index < -0.39 is 11.8 Å². The van der Waals surface area contributed by atoms with Gasteiger partial charge in [-0.05, 0) is 65.9 Å². The van der Waals surface area contributed by atoms with Gasteiger partial charge in [-0.15, -0.1) is 0 Å². The summed E-state index contributed by atoms with van der Waals surface area (Å²) in [7, 11) is 8.35. The molecule has 0 amide bonds. The number of nitrogens with zero attached hydrogens (tertiary/aromatic N) is 6. The smallest absolute Gasteiger partial charge is 0.858 e. The number of hydrogen-bond acceptors (Lipinski definition) is 10. The third kappa shape index (κ3) is 56.4. The Bertz CT molecular complexity index is 430. The van der Waals surface area contributed by atoms with Crippen LogP contribution >= 0.6 is 24.4 Å². The van der Waals surface area contributed by atoms with Crippen LogP contribution < -0.4 is 21.7 Å². The van der Waals surface area contributed by atoms with Crippen molar-refractivity contribution in [3.05, 3.63) is 10.8 Å². The number of nitrogens with two attached hydrogens (primary N) is 2. The molecule has 0 heterocycles. The van der Waals surface area contributed by atoms with Crippen molar-refractivity contribution in [2.24, 2.45) is 21.5 Å². The molecule has 10 nitrogen and oxygen atoms in total. The van der Waals surface area contributed by atoms with Gasteiger partial charge < -0.3 is 52.3 Å². The second kappa shape index (κ2) is 38.9. The van der Waals surface area contributed by atoms with E-state index in [1.807, 2.05) is 0 Å². The zero-order chi connectivity index (χ0) is 22.8. The summed E-state index contributed by atoms with van der Waals surface area (Å²) in [4.78, 5) is 11.4. The van der Waals surface area contributed by atoms with Gasteiger partial charge in [-0.2, -0.15) is 10.3 Å². The predicted molar refractivity (Wildman–Crippen MR) is 121 cm³/mol. The first kappa shape index (κ1) is 43.3. The molecule has 0 saturated carbocycles. The molecule has 0 atom stereocenters. The van der Waals surface area contributed by atoms with Crippen LogP contribution in [0, 0.1) is 0 Å². The topological polar surface area (TPSA) is 174 Å². The van der Waals surface area contributed by atoms with E-state index in [1.165, 1.54) is 10.3 Å². The van der Waals surface area contributed by atoms with Crippen molar-refractivity contribution in [3.63, 3.8) is 0 Å². The molecule has 4 N–H and O–H groups in total. The van der Waals surface area contributed by atoms with Crippen LogP contribution in [-0.2, 0) is 33.6 Å². The predicted octanol–water partition coefficient (Wildman–Crippen LogP) is -1.38. The van der Waals surface area contributed by atoms with Gasteiger partial charge in [-0.25, -0.2) is 0 Å². The Balaban J connectivity index is -0.0000000767. The van der Waals surface area contributed by atoms with Crippen LogP contribution in [0.15, 0.2) is 9.98 Å². The minimum Gasteiger partial charge on any atom is -0.858 e. The Kier molecular flexibility index (Phi) is 56.2. The Morgan fingerprint density at radius 1 is 0.833 bits per heavy atom. The van der Waals surface area contributed by atoms with E-state index in [1.54, 1.807) is 0 Å². The van der Waals surface area contributed by atoms with Crippen molar-refractivity contribution >= 4 is 46.6 Å². The van der Waals surface area contributed by atoms with E-state index in [0.29, 0.717) is 25.9 Å². The van der Waals surface area contributed by atoms with E-state index in [0.717, 1.165) is 13.1 Å². The van der Waals surface area contributed by atoms with Gasteiger partial charge in [0.15, 0.2) is 0 Å². The Morgan fingerprint density at radius 2 is 1.07 bits per heavy atom. The average molecular weight is 555 g/mol. The summed E-state index contributed by atoms with van der Waals surface area (Å²) in [6, 6.07) is 0. The minimum atomic E-state index is -0.796. The van der Waals surface area contributed by atoms with Gasteiger partial charge in [0.2, 0.25) is 0 Å². The molecule has 1 radical (unpaired) electrons. The van der Waals surface area contributed by atoms with Gasteiger partial charge in [0.1, 0.15) is 0 Å². The maximum atomic E-state index is 10.9. The quantitative estimate of drug-likeness (QED) is 0.115. The van der Waals surface area contributed by atoms with Crippen molar-refractivity contribution in [3.8, 4) is 0 Å². The molecule has 0 aromatic carbocycles. The first-order valence-corrected chi connectivity index (χ1v) is 9.15. The largest absolute Gasteiger partial charge is 2.00 e. The molecule has 30 heavy (non-hydrogen) atoms. The Morgan fingerprint density at radius 3 is 1.23 bits per heavy atom. The van der Waals surface area contributed by atoms with Gasteiger partial charge in [-0.3, -0.25) is 0 Å². The monoisotopic (exact) mass is 553 g/mol. The van der Waals surface area contributed by atoms with Crippen LogP contribution in [0.1, 0.15) is 12.8 Å². The molecule has 0 aliphatic heterocycles. The van der Waals surface area contributed by atoms with Crippen LogP contribution in [0.2, 0.25) is 0 Å². The van der Waals surface area contributed by atoms with Crippen molar-refractivity contribution < 1.29 is 43.8 Å². The van der Waals surface area contributed by atoms with E-state index in [2.05, 4.69) is 72.4 Å². The van der Waals surface area contributed by atoms with Gasteiger partial charge in [-0.1, -0.05) is 24.4 Å². The fourth-order valence-electron chi connectivity index (χ4n) is 1.08. The van der Waals surface area contributed by atoms with Gasteiger partial charge >= 0.3 is 33.6 Å². The molecule has 0 unspecified atom stereocenters. The maximum Gasteiger partial charge on any atom is 2.00 e. The van der Waals surface area contributed by atoms with Crippen LogP contribution in [0.3, 0.4) is 0 Å². The third-order valence-corrected chi connectivity index (χ3v) is 2.41. The molecule has 0 aliphatic carbocycles. The fourth-order valence-corrected chi connectivity index (χ4v) is 1.08. The standard InChI is InChI=1S/C8H18N4O2.C6H16N2.2CNS.Cu.Ni/c9-3-1-5-11-7(13)8(14)12-6-2-4-10;1-7(2)5-6-8(3)4;2*2-1-3;;/h1-6,9-10H2,(H,11,13)(H,12,14);5-6H2,1-4H3;;;;/q;;2*-1;2*+2/p-2. The minimum absolute atomic E-state index is 0. The van der Waals surface area contributed by atoms with Gasteiger partial charge in [0.05, 0.1) is 0 Å². The van der Waals surface area contributed by atoms with Gasteiger partial charge in [0, 0.05) is 26.2 Å². The molecule has 0 fully saturated rings. The number of likely N-dealkylation sites (N-methyl/N-ethyl adjacent to an activating group) is 2. The van der Waals surface area contributed by atoms with E-state index in [9.17, 15) is 10.2 Å². The first-order chi connectivity index (χ1) is 13.2. The molecule has 0 bridgehead atoms. The molecule has 0 aromatic rings. The van der Waals surface area contributed by atoms with E-state index >= 15 is 0 Å². The fraction of sp³-hybridized carbons (Fsp3) is 0.750. The number of thiocarbonyl (C=S) groups is 2. The van der Waals surface area contributed by atoms with Crippen molar-refractivity contribution in [1.29, 1.82) is 0 Å². The van der Waals surface area contributed by atoms with Gasteiger partial charge in [0.25, 0.3) is 0 Å². The number of rotatable bonds is 9. The number of aliphatic imine (C=N–C) groups is 2. The number of isothiocyanates is 2. The van der Waals surface area contributed by atoms with Crippen molar-refractivity contribution in [2.75, 3.05) is 67.5 Å². The molecule has 0 saturated heterocycles. The number of hydrogen-bond donors (Lipinski definition) is 2. The molecule has 0 spiro atoms. The maximum absolute atomic E-state index is 10.9. The summed E-state index contributed by atoms with van der Waals surface area (Å²) >= 11 is 7.40. The van der Waals surface area contributed by atoms with Crippen LogP contribution in [0.4, 0.5) is 0 Å². The molecular formula is C16H32CuN8NiO2S2. The summed E-state index contributed by atoms with van der Waals surface area (Å²) < 4.78 is 0. The first-order valence-electron chi connectivity index (χ1n) is 8.33. The Labute approximate surface area is 212 Å². The van der Waals surface area contributed by atoms with Crippen LogP contribution in [0.5, 0.6) is 0 Å². The molecule has 14 heteroatoms. The summed E-state index contributed by atoms with van der Waals surface area (Å²) in [5, 5.41) is 38.8. The third-order valence-electron chi connectivity index (χ3n) is 2.41. The molecule has 0 rings (SSSR count). The zero-order valence-corrected chi connectivity index (χ0v) is 21.3. The molecule has 0 aromatic heterocycles. The zero-order valence-electron chi connectivity index (χ0n) is 17.7. The summed E-state index contributed by atoms with van der Waals surface area (Å²) in [5.74, 6) is -1.59. The van der Waals surface area contributed by atoms with Crippen LogP contribution in [-0.4, -0.2) is 99.4 Å². The Hall–Kier alpha value is -0.607. The van der Waals surface area contributed by atoms with E-state index in [4.69, 9.17) is 22.3 Å². The van der Waals surface area contributed by atoms with Crippen molar-refractivity contribution in [2.45, 2.75) is 12.8 Å². The van der Waals surface area contributed by atoms with Crippen LogP contribution in [0.25, 0.3) is 10.8 Å².